The van der Waals surface area contributed by atoms with Crippen molar-refractivity contribution in [1.29, 1.82) is 5.26 Å². The van der Waals surface area contributed by atoms with Crippen LogP contribution in [0.2, 0.25) is 0 Å². The van der Waals surface area contributed by atoms with Crippen LogP contribution in [-0.2, 0) is 4.79 Å². The van der Waals surface area contributed by atoms with Gasteiger partial charge in [0.25, 0.3) is 0 Å². The van der Waals surface area contributed by atoms with E-state index in [0.29, 0.717) is 16.8 Å². The lowest BCUT2D eigenvalue weighted by Crippen LogP contribution is -2.00. The Hall–Kier alpha value is -2.87. The molecule has 2 aromatic rings. The van der Waals surface area contributed by atoms with E-state index in [2.05, 4.69) is 4.98 Å². The van der Waals surface area contributed by atoms with Crippen molar-refractivity contribution in [1.82, 2.24) is 9.55 Å². The molecule has 0 amide bonds. The Balaban J connectivity index is 2.47. The molecule has 2 rings (SSSR count). The van der Waals surface area contributed by atoms with Crippen LogP contribution in [0.5, 0.6) is 0 Å². The summed E-state index contributed by atoms with van der Waals surface area (Å²) in [5.74, 6) is -1.04. The first-order valence-electron chi connectivity index (χ1n) is 5.14. The first kappa shape index (κ1) is 11.6. The number of benzene rings is 1. The number of carbonyl (C=O) groups is 1. The van der Waals surface area contributed by atoms with E-state index in [0.717, 1.165) is 6.08 Å². The molecule has 0 fully saturated rings. The zero-order valence-electron chi connectivity index (χ0n) is 9.32. The van der Waals surface area contributed by atoms with Gasteiger partial charge >= 0.3 is 5.97 Å². The molecule has 0 aliphatic carbocycles. The van der Waals surface area contributed by atoms with E-state index in [-0.39, 0.29) is 0 Å². The Bertz CT molecular complexity index is 619. The van der Waals surface area contributed by atoms with E-state index in [4.69, 9.17) is 10.4 Å². The van der Waals surface area contributed by atoms with Crippen molar-refractivity contribution in [2.24, 2.45) is 0 Å². The van der Waals surface area contributed by atoms with Crippen LogP contribution in [0.3, 0.4) is 0 Å². The number of carboxylic acids is 1. The summed E-state index contributed by atoms with van der Waals surface area (Å²) in [4.78, 5) is 14.7. The van der Waals surface area contributed by atoms with Gasteiger partial charge in [-0.05, 0) is 17.7 Å². The largest absolute Gasteiger partial charge is 0.478 e. The second kappa shape index (κ2) is 4.97. The molecule has 0 aliphatic heterocycles. The molecule has 0 aliphatic rings. The van der Waals surface area contributed by atoms with Gasteiger partial charge in [-0.2, -0.15) is 5.26 Å². The summed E-state index contributed by atoms with van der Waals surface area (Å²) in [7, 11) is 0. The van der Waals surface area contributed by atoms with Gasteiger partial charge < -0.3 is 9.67 Å². The summed E-state index contributed by atoms with van der Waals surface area (Å²) in [5.41, 5.74) is 1.72. The van der Waals surface area contributed by atoms with Gasteiger partial charge in [0.1, 0.15) is 0 Å². The Morgan fingerprint density at radius 3 is 2.61 bits per heavy atom. The normalized spacial score (nSPS) is 10.9. The quantitative estimate of drug-likeness (QED) is 0.827. The van der Waals surface area contributed by atoms with Gasteiger partial charge in [-0.1, -0.05) is 12.1 Å². The standard InChI is InChI=1S/C13H9N3O2/c14-8-10-1-3-11(4-2-10)12(7-13(17)18)16-6-5-15-9-16/h1-7,9H,(H,17,18). The Labute approximate surface area is 103 Å². The van der Waals surface area contributed by atoms with Crippen molar-refractivity contribution < 1.29 is 9.90 Å². The predicted octanol–water partition coefficient (Wildman–Crippen LogP) is 1.73. The fourth-order valence-electron chi connectivity index (χ4n) is 1.54. The molecule has 5 heteroatoms. The van der Waals surface area contributed by atoms with Gasteiger partial charge in [0, 0.05) is 18.5 Å². The molecular weight excluding hydrogens is 230 g/mol. The smallest absolute Gasteiger partial charge is 0.330 e. The molecule has 0 unspecified atom stereocenters. The fraction of sp³-hybridized carbons (Fsp3) is 0. The molecule has 1 N–H and O–H groups in total. The van der Waals surface area contributed by atoms with Crippen LogP contribution in [-0.4, -0.2) is 20.6 Å². The summed E-state index contributed by atoms with van der Waals surface area (Å²) in [6.45, 7) is 0. The maximum absolute atomic E-state index is 10.8. The minimum absolute atomic E-state index is 0.490. The lowest BCUT2D eigenvalue weighted by atomic mass is 10.1. The molecule has 5 nitrogen and oxygen atoms in total. The van der Waals surface area contributed by atoms with E-state index in [1.807, 2.05) is 6.07 Å². The lowest BCUT2D eigenvalue weighted by Gasteiger charge is -2.07. The van der Waals surface area contributed by atoms with Gasteiger partial charge in [0.2, 0.25) is 0 Å². The molecular formula is C13H9N3O2. The summed E-state index contributed by atoms with van der Waals surface area (Å²) in [6, 6.07) is 8.70. The fourth-order valence-corrected chi connectivity index (χ4v) is 1.54. The number of imidazole rings is 1. The number of nitriles is 1. The molecule has 1 aromatic heterocycles. The number of aromatic nitrogens is 2. The van der Waals surface area contributed by atoms with Gasteiger partial charge in [0.15, 0.2) is 0 Å². The van der Waals surface area contributed by atoms with Crippen molar-refractivity contribution >= 4 is 11.7 Å². The van der Waals surface area contributed by atoms with Gasteiger partial charge in [-0.3, -0.25) is 0 Å². The third kappa shape index (κ3) is 2.44. The van der Waals surface area contributed by atoms with E-state index >= 15 is 0 Å². The van der Waals surface area contributed by atoms with Crippen molar-refractivity contribution in [3.8, 4) is 6.07 Å². The number of nitrogens with zero attached hydrogens (tertiary/aromatic N) is 3. The minimum atomic E-state index is -1.04. The van der Waals surface area contributed by atoms with Crippen LogP contribution in [0.1, 0.15) is 11.1 Å². The van der Waals surface area contributed by atoms with Gasteiger partial charge in [-0.15, -0.1) is 0 Å². The van der Waals surface area contributed by atoms with Crippen molar-refractivity contribution in [3.05, 3.63) is 60.2 Å². The second-order valence-corrected chi connectivity index (χ2v) is 3.53. The number of hydrogen-bond acceptors (Lipinski definition) is 3. The van der Waals surface area contributed by atoms with Crippen LogP contribution >= 0.6 is 0 Å². The Kier molecular flexibility index (Phi) is 3.21. The number of rotatable bonds is 3. The van der Waals surface area contributed by atoms with Crippen LogP contribution in [0.25, 0.3) is 5.70 Å². The van der Waals surface area contributed by atoms with E-state index < -0.39 is 5.97 Å². The third-order valence-corrected chi connectivity index (χ3v) is 2.35. The van der Waals surface area contributed by atoms with Crippen LogP contribution < -0.4 is 0 Å². The molecule has 0 atom stereocenters. The highest BCUT2D eigenvalue weighted by molar-refractivity contribution is 5.90. The first-order chi connectivity index (χ1) is 8.70. The highest BCUT2D eigenvalue weighted by Crippen LogP contribution is 2.17. The molecule has 18 heavy (non-hydrogen) atoms. The van der Waals surface area contributed by atoms with E-state index in [9.17, 15) is 4.79 Å². The summed E-state index contributed by atoms with van der Waals surface area (Å²) < 4.78 is 1.61. The average Bonchev–Trinajstić information content (AvgIpc) is 2.89. The maximum atomic E-state index is 10.8. The van der Waals surface area contributed by atoms with Crippen molar-refractivity contribution in [3.63, 3.8) is 0 Å². The molecule has 1 heterocycles. The van der Waals surface area contributed by atoms with Crippen LogP contribution in [0.4, 0.5) is 0 Å². The minimum Gasteiger partial charge on any atom is -0.478 e. The summed E-state index contributed by atoms with van der Waals surface area (Å²) in [6.07, 6.45) is 5.85. The number of carboxylic acid groups (broad SMARTS) is 1. The zero-order chi connectivity index (χ0) is 13.0. The van der Waals surface area contributed by atoms with Gasteiger partial charge in [0.05, 0.1) is 23.7 Å². The molecule has 88 valence electrons. The zero-order valence-corrected chi connectivity index (χ0v) is 9.32. The van der Waals surface area contributed by atoms with Crippen LogP contribution in [0, 0.1) is 11.3 Å². The Morgan fingerprint density at radius 1 is 1.39 bits per heavy atom. The van der Waals surface area contributed by atoms with Gasteiger partial charge in [-0.25, -0.2) is 9.78 Å². The van der Waals surface area contributed by atoms with E-state index in [1.165, 1.54) is 6.33 Å². The van der Waals surface area contributed by atoms with Crippen LogP contribution in [0.15, 0.2) is 49.1 Å². The maximum Gasteiger partial charge on any atom is 0.330 e. The molecule has 0 saturated heterocycles. The molecule has 0 spiro atoms. The predicted molar refractivity (Wildman–Crippen MR) is 64.4 cm³/mol. The molecule has 0 bridgehead atoms. The monoisotopic (exact) mass is 239 g/mol. The SMILES string of the molecule is N#Cc1ccc(C(=CC(=O)O)n2ccnc2)cc1. The number of aliphatic carboxylic acids is 1. The first-order valence-corrected chi connectivity index (χ1v) is 5.14. The lowest BCUT2D eigenvalue weighted by molar-refractivity contribution is -0.131. The topological polar surface area (TPSA) is 78.9 Å². The van der Waals surface area contributed by atoms with Crippen molar-refractivity contribution in [2.75, 3.05) is 0 Å². The second-order valence-electron chi connectivity index (χ2n) is 3.53. The van der Waals surface area contributed by atoms with Crippen molar-refractivity contribution in [2.45, 2.75) is 0 Å². The molecule has 0 saturated carbocycles. The third-order valence-electron chi connectivity index (χ3n) is 2.35. The highest BCUT2D eigenvalue weighted by Gasteiger charge is 2.06. The molecule has 1 aromatic carbocycles. The number of hydrogen-bond donors (Lipinski definition) is 1. The summed E-state index contributed by atoms with van der Waals surface area (Å²) in [5, 5.41) is 17.6. The summed E-state index contributed by atoms with van der Waals surface area (Å²) >= 11 is 0. The molecule has 0 radical (unpaired) electrons. The van der Waals surface area contributed by atoms with E-state index in [1.54, 1.807) is 41.2 Å². The Morgan fingerprint density at radius 2 is 2.11 bits per heavy atom. The highest BCUT2D eigenvalue weighted by atomic mass is 16.4. The average molecular weight is 239 g/mol.